The summed E-state index contributed by atoms with van der Waals surface area (Å²) in [6, 6.07) is 8.04. The number of ether oxygens (including phenoxy) is 1. The third-order valence-corrected chi connectivity index (χ3v) is 3.50. The van der Waals surface area contributed by atoms with Gasteiger partial charge in [0.1, 0.15) is 49.3 Å². The summed E-state index contributed by atoms with van der Waals surface area (Å²) in [4.78, 5) is 0. The minimum atomic E-state index is 0.874. The molecule has 21 heavy (non-hydrogen) atoms. The zero-order chi connectivity index (χ0) is 14.7. The Kier molecular flexibility index (Phi) is 3.73. The maximum absolute atomic E-state index is 5.18. The Morgan fingerprint density at radius 1 is 1.05 bits per heavy atom. The molecule has 0 bridgehead atoms. The highest BCUT2D eigenvalue weighted by Crippen LogP contribution is 2.13. The van der Waals surface area contributed by atoms with Crippen LogP contribution in [0.15, 0.2) is 61.7 Å². The largest absolute Gasteiger partial charge is 0.497 e. The highest BCUT2D eigenvalue weighted by molar-refractivity contribution is 5.36. The molecular weight excluding hydrogens is 264 g/mol. The average molecular weight is 284 g/mol. The van der Waals surface area contributed by atoms with Crippen LogP contribution >= 0.6 is 0 Å². The summed E-state index contributed by atoms with van der Waals surface area (Å²) < 4.78 is 13.7. The van der Waals surface area contributed by atoms with Crippen molar-refractivity contribution < 1.29 is 13.9 Å². The van der Waals surface area contributed by atoms with Crippen LogP contribution in [0.25, 0.3) is 5.69 Å². The Bertz CT molecular complexity index is 712. The zero-order valence-electron chi connectivity index (χ0n) is 12.4. The van der Waals surface area contributed by atoms with Gasteiger partial charge in [0.15, 0.2) is 0 Å². The fourth-order valence-corrected chi connectivity index (χ4v) is 2.30. The smallest absolute Gasteiger partial charge is 0.249 e. The van der Waals surface area contributed by atoms with E-state index in [9.17, 15) is 0 Å². The first kappa shape index (κ1) is 13.4. The van der Waals surface area contributed by atoms with Crippen LogP contribution in [0.2, 0.25) is 0 Å². The van der Waals surface area contributed by atoms with Crippen molar-refractivity contribution in [1.82, 2.24) is 9.13 Å². The number of methoxy groups -OCH3 is 1. The summed E-state index contributed by atoms with van der Waals surface area (Å²) in [5.74, 6) is 0.874. The quantitative estimate of drug-likeness (QED) is 0.645. The molecule has 0 aliphatic rings. The summed E-state index contributed by atoms with van der Waals surface area (Å²) in [6.07, 6.45) is 12.5. The standard InChI is InChI=1S/C16H20N4O/c1-17-7-8-18(13-17)9-10-19-11-12-20(14-19)15-3-5-16(21-2)6-4-15/h3-8,11-14H,9-10H2,1-2H3/q+2. The molecule has 0 fully saturated rings. The zero-order valence-corrected chi connectivity index (χ0v) is 12.4. The van der Waals surface area contributed by atoms with Gasteiger partial charge < -0.3 is 4.74 Å². The summed E-state index contributed by atoms with van der Waals surface area (Å²) in [7, 11) is 3.71. The van der Waals surface area contributed by atoms with Crippen molar-refractivity contribution in [1.29, 1.82) is 0 Å². The fourth-order valence-electron chi connectivity index (χ4n) is 2.30. The molecule has 0 unspecified atom stereocenters. The van der Waals surface area contributed by atoms with Crippen molar-refractivity contribution in [2.45, 2.75) is 13.1 Å². The van der Waals surface area contributed by atoms with Gasteiger partial charge in [0.05, 0.1) is 14.2 Å². The Morgan fingerprint density at radius 2 is 1.86 bits per heavy atom. The first-order chi connectivity index (χ1) is 10.2. The lowest BCUT2D eigenvalue weighted by molar-refractivity contribution is -0.698. The van der Waals surface area contributed by atoms with Gasteiger partial charge in [0.2, 0.25) is 12.7 Å². The van der Waals surface area contributed by atoms with Gasteiger partial charge in [-0.15, -0.1) is 0 Å². The van der Waals surface area contributed by atoms with Crippen LogP contribution in [0, 0.1) is 0 Å². The van der Waals surface area contributed by atoms with E-state index in [0.717, 1.165) is 24.5 Å². The second kappa shape index (κ2) is 5.83. The monoisotopic (exact) mass is 284 g/mol. The van der Waals surface area contributed by atoms with E-state index in [0.29, 0.717) is 0 Å². The van der Waals surface area contributed by atoms with Gasteiger partial charge in [-0.2, -0.15) is 0 Å². The topological polar surface area (TPSA) is 26.8 Å². The van der Waals surface area contributed by atoms with Gasteiger partial charge in [0.25, 0.3) is 0 Å². The second-order valence-corrected chi connectivity index (χ2v) is 5.07. The molecule has 0 atom stereocenters. The lowest BCUT2D eigenvalue weighted by Gasteiger charge is -1.99. The number of benzene rings is 1. The molecule has 0 aliphatic carbocycles. The highest BCUT2D eigenvalue weighted by atomic mass is 16.5. The Labute approximate surface area is 124 Å². The predicted octanol–water partition coefficient (Wildman–Crippen LogP) is 1.10. The van der Waals surface area contributed by atoms with Crippen molar-refractivity contribution >= 4 is 0 Å². The van der Waals surface area contributed by atoms with E-state index < -0.39 is 0 Å². The summed E-state index contributed by atoms with van der Waals surface area (Å²) in [5, 5.41) is 0. The number of aromatic nitrogens is 4. The minimum absolute atomic E-state index is 0.874. The lowest BCUT2D eigenvalue weighted by atomic mass is 10.3. The molecule has 0 aliphatic heterocycles. The van der Waals surface area contributed by atoms with Crippen LogP contribution in [0.5, 0.6) is 5.75 Å². The molecular formula is C16H20N4O+2. The molecule has 0 radical (unpaired) electrons. The number of imidazole rings is 2. The van der Waals surface area contributed by atoms with Crippen LogP contribution in [-0.4, -0.2) is 16.2 Å². The number of rotatable bonds is 5. The number of nitrogens with zero attached hydrogens (tertiary/aromatic N) is 4. The molecule has 5 heteroatoms. The maximum Gasteiger partial charge on any atom is 0.249 e. The van der Waals surface area contributed by atoms with E-state index >= 15 is 0 Å². The summed E-state index contributed by atoms with van der Waals surface area (Å²) in [5.41, 5.74) is 1.13. The van der Waals surface area contributed by atoms with Gasteiger partial charge in [0, 0.05) is 0 Å². The van der Waals surface area contributed by atoms with E-state index in [1.165, 1.54) is 0 Å². The van der Waals surface area contributed by atoms with Crippen molar-refractivity contribution in [2.75, 3.05) is 7.11 Å². The first-order valence-corrected chi connectivity index (χ1v) is 6.97. The molecule has 108 valence electrons. The predicted molar refractivity (Wildman–Crippen MR) is 78.1 cm³/mol. The van der Waals surface area contributed by atoms with E-state index in [1.54, 1.807) is 7.11 Å². The van der Waals surface area contributed by atoms with Crippen LogP contribution in [0.1, 0.15) is 0 Å². The van der Waals surface area contributed by atoms with Gasteiger partial charge >= 0.3 is 0 Å². The van der Waals surface area contributed by atoms with Crippen LogP contribution in [-0.2, 0) is 20.1 Å². The van der Waals surface area contributed by atoms with Gasteiger partial charge in [-0.3, -0.25) is 0 Å². The molecule has 1 aromatic carbocycles. The second-order valence-electron chi connectivity index (χ2n) is 5.07. The number of aryl methyl sites for hydroxylation is 3. The Hall–Kier alpha value is -2.56. The highest BCUT2D eigenvalue weighted by Gasteiger charge is 2.08. The summed E-state index contributed by atoms with van der Waals surface area (Å²) in [6.45, 7) is 1.90. The molecule has 2 heterocycles. The van der Waals surface area contributed by atoms with E-state index in [2.05, 4.69) is 57.1 Å². The van der Waals surface area contributed by atoms with Crippen LogP contribution in [0.4, 0.5) is 0 Å². The third-order valence-electron chi connectivity index (χ3n) is 3.50. The molecule has 5 nitrogen and oxygen atoms in total. The fraction of sp³-hybridized carbons (Fsp3) is 0.250. The van der Waals surface area contributed by atoms with Crippen molar-refractivity contribution in [3.05, 3.63) is 61.7 Å². The van der Waals surface area contributed by atoms with E-state index in [4.69, 9.17) is 4.74 Å². The van der Waals surface area contributed by atoms with Crippen molar-refractivity contribution in [2.24, 2.45) is 7.05 Å². The maximum atomic E-state index is 5.18. The van der Waals surface area contributed by atoms with Gasteiger partial charge in [-0.1, -0.05) is 0 Å². The summed E-state index contributed by atoms with van der Waals surface area (Å²) >= 11 is 0. The Morgan fingerprint density at radius 3 is 2.52 bits per heavy atom. The normalized spacial score (nSPS) is 10.8. The lowest BCUT2D eigenvalue weighted by Crippen LogP contribution is -2.33. The molecule has 3 aromatic rings. The van der Waals surface area contributed by atoms with Gasteiger partial charge in [-0.25, -0.2) is 18.3 Å². The van der Waals surface area contributed by atoms with Crippen LogP contribution < -0.4 is 13.9 Å². The Balaban J connectivity index is 1.67. The van der Waals surface area contributed by atoms with Gasteiger partial charge in [-0.05, 0) is 24.3 Å². The van der Waals surface area contributed by atoms with E-state index in [1.807, 2.05) is 29.9 Å². The third kappa shape index (κ3) is 3.13. The molecule has 0 amide bonds. The van der Waals surface area contributed by atoms with Crippen molar-refractivity contribution in [3.63, 3.8) is 0 Å². The minimum Gasteiger partial charge on any atom is -0.497 e. The molecule has 0 spiro atoms. The number of hydrogen-bond acceptors (Lipinski definition) is 1. The molecule has 0 saturated heterocycles. The van der Waals surface area contributed by atoms with Crippen molar-refractivity contribution in [3.8, 4) is 11.4 Å². The molecule has 0 saturated carbocycles. The molecule has 0 N–H and O–H groups in total. The van der Waals surface area contributed by atoms with E-state index in [-0.39, 0.29) is 0 Å². The first-order valence-electron chi connectivity index (χ1n) is 6.97. The molecule has 3 rings (SSSR count). The average Bonchev–Trinajstić information content (AvgIpc) is 3.14. The molecule has 2 aromatic heterocycles. The number of hydrogen-bond donors (Lipinski definition) is 0. The SMILES string of the molecule is COc1ccc(-n2cc[n+](CCn3cc[n+](C)c3)c2)cc1. The van der Waals surface area contributed by atoms with Crippen LogP contribution in [0.3, 0.4) is 0 Å².